The van der Waals surface area contributed by atoms with E-state index in [0.29, 0.717) is 25.9 Å². The molecule has 5 rings (SSSR count). The molecule has 2 aromatic rings. The van der Waals surface area contributed by atoms with Crippen molar-refractivity contribution >= 4 is 11.6 Å². The lowest BCUT2D eigenvalue weighted by molar-refractivity contribution is -0.158. The lowest BCUT2D eigenvalue weighted by Crippen LogP contribution is -2.59. The molecule has 3 aliphatic rings. The summed E-state index contributed by atoms with van der Waals surface area (Å²) in [4.78, 5) is 13.7. The van der Waals surface area contributed by atoms with Gasteiger partial charge in [0.1, 0.15) is 11.5 Å². The van der Waals surface area contributed by atoms with Gasteiger partial charge in [-0.15, -0.1) is 0 Å². The summed E-state index contributed by atoms with van der Waals surface area (Å²) in [5.74, 6) is 1.26. The Bertz CT molecular complexity index is 963. The van der Waals surface area contributed by atoms with E-state index in [9.17, 15) is 9.90 Å². The molecule has 3 aliphatic heterocycles. The van der Waals surface area contributed by atoms with Crippen molar-refractivity contribution < 1.29 is 14.6 Å². The summed E-state index contributed by atoms with van der Waals surface area (Å²) in [7, 11) is 0. The summed E-state index contributed by atoms with van der Waals surface area (Å²) < 4.78 is 6.54. The van der Waals surface area contributed by atoms with Crippen LogP contribution < -0.4 is 4.74 Å². The molecule has 0 aromatic heterocycles. The van der Waals surface area contributed by atoms with Crippen LogP contribution in [-0.2, 0) is 4.79 Å². The van der Waals surface area contributed by atoms with E-state index < -0.39 is 5.72 Å². The zero-order valence-electron chi connectivity index (χ0n) is 15.8. The zero-order valence-corrected chi connectivity index (χ0v) is 15.8. The number of nitrogens with zero attached hydrogens (tertiary/aromatic N) is 3. The number of phenolic OH excluding ortho intramolecular Hbond substituents is 1. The number of carbonyl (C=O) groups excluding carboxylic acids is 1. The van der Waals surface area contributed by atoms with Gasteiger partial charge in [-0.3, -0.25) is 4.79 Å². The van der Waals surface area contributed by atoms with Gasteiger partial charge >= 0.3 is 0 Å². The van der Waals surface area contributed by atoms with Gasteiger partial charge in [-0.25, -0.2) is 5.01 Å². The number of piperidine rings is 1. The van der Waals surface area contributed by atoms with Crippen LogP contribution in [0.2, 0.25) is 0 Å². The smallest absolute Gasteiger partial charge is 0.219 e. The molecular weight excluding hydrogens is 354 g/mol. The summed E-state index contributed by atoms with van der Waals surface area (Å²) in [6.45, 7) is 2.95. The molecule has 3 heterocycles. The third kappa shape index (κ3) is 2.63. The number of para-hydroxylation sites is 1. The van der Waals surface area contributed by atoms with E-state index in [1.54, 1.807) is 19.1 Å². The van der Waals surface area contributed by atoms with E-state index in [1.807, 2.05) is 35.2 Å². The van der Waals surface area contributed by atoms with Gasteiger partial charge in [0, 0.05) is 50.4 Å². The van der Waals surface area contributed by atoms with Crippen LogP contribution in [0.3, 0.4) is 0 Å². The van der Waals surface area contributed by atoms with Crippen molar-refractivity contribution in [3.63, 3.8) is 0 Å². The van der Waals surface area contributed by atoms with Crippen molar-refractivity contribution in [3.8, 4) is 11.5 Å². The van der Waals surface area contributed by atoms with Gasteiger partial charge in [-0.1, -0.05) is 30.3 Å². The molecule has 1 spiro atoms. The minimum absolute atomic E-state index is 0.103. The maximum Gasteiger partial charge on any atom is 0.219 e. The first-order valence-corrected chi connectivity index (χ1v) is 9.75. The Morgan fingerprint density at radius 1 is 1.18 bits per heavy atom. The average Bonchev–Trinajstić information content (AvgIpc) is 3.15. The van der Waals surface area contributed by atoms with Gasteiger partial charge in [0.05, 0.1) is 11.8 Å². The number of hydrogen-bond acceptors (Lipinski definition) is 5. The number of benzene rings is 2. The molecule has 144 valence electrons. The summed E-state index contributed by atoms with van der Waals surface area (Å²) in [5, 5.41) is 17.0. The molecule has 1 saturated heterocycles. The van der Waals surface area contributed by atoms with Crippen LogP contribution in [-0.4, -0.2) is 45.4 Å². The molecule has 2 aromatic carbocycles. The molecule has 0 radical (unpaired) electrons. The highest BCUT2D eigenvalue weighted by Gasteiger charge is 2.52. The Balaban J connectivity index is 1.54. The molecule has 6 nitrogen and oxygen atoms in total. The maximum absolute atomic E-state index is 11.8. The Hall–Kier alpha value is -3.02. The number of carbonyl (C=O) groups is 1. The Kier molecular flexibility index (Phi) is 3.82. The molecule has 1 amide bonds. The topological polar surface area (TPSA) is 65.4 Å². The van der Waals surface area contributed by atoms with Gasteiger partial charge in [-0.05, 0) is 18.2 Å². The molecule has 1 atom stereocenters. The molecule has 0 saturated carbocycles. The van der Waals surface area contributed by atoms with Crippen LogP contribution in [0.4, 0.5) is 0 Å². The molecule has 0 aliphatic carbocycles. The largest absolute Gasteiger partial charge is 0.508 e. The molecule has 0 unspecified atom stereocenters. The number of hydrogen-bond donors (Lipinski definition) is 1. The summed E-state index contributed by atoms with van der Waals surface area (Å²) in [6.07, 6.45) is 2.20. The number of amides is 1. The molecule has 28 heavy (non-hydrogen) atoms. The van der Waals surface area contributed by atoms with Crippen LogP contribution in [0.1, 0.15) is 43.4 Å². The van der Waals surface area contributed by atoms with E-state index in [2.05, 4.69) is 11.1 Å². The Morgan fingerprint density at radius 2 is 1.96 bits per heavy atom. The van der Waals surface area contributed by atoms with Crippen LogP contribution in [0.15, 0.2) is 53.6 Å². The van der Waals surface area contributed by atoms with E-state index in [-0.39, 0.29) is 17.7 Å². The summed E-state index contributed by atoms with van der Waals surface area (Å²) in [6, 6.07) is 15.5. The number of ether oxygens (including phenoxy) is 1. The number of likely N-dealkylation sites (tertiary alicyclic amines) is 1. The van der Waals surface area contributed by atoms with Gasteiger partial charge in [0.2, 0.25) is 11.6 Å². The van der Waals surface area contributed by atoms with Crippen molar-refractivity contribution in [2.24, 2.45) is 5.10 Å². The van der Waals surface area contributed by atoms with Crippen molar-refractivity contribution in [3.05, 3.63) is 59.7 Å². The summed E-state index contributed by atoms with van der Waals surface area (Å²) >= 11 is 0. The van der Waals surface area contributed by atoms with Crippen LogP contribution in [0.5, 0.6) is 11.5 Å². The molecule has 0 bridgehead atoms. The monoisotopic (exact) mass is 377 g/mol. The lowest BCUT2D eigenvalue weighted by atomic mass is 9.90. The van der Waals surface area contributed by atoms with Gasteiger partial charge < -0.3 is 14.7 Å². The lowest BCUT2D eigenvalue weighted by Gasteiger charge is -2.51. The van der Waals surface area contributed by atoms with Crippen molar-refractivity contribution in [2.45, 2.75) is 38.0 Å². The van der Waals surface area contributed by atoms with Gasteiger partial charge in [-0.2, -0.15) is 5.10 Å². The van der Waals surface area contributed by atoms with Gasteiger partial charge in [0.15, 0.2) is 0 Å². The van der Waals surface area contributed by atoms with E-state index in [1.165, 1.54) is 0 Å². The van der Waals surface area contributed by atoms with Crippen molar-refractivity contribution in [2.75, 3.05) is 13.1 Å². The second kappa shape index (κ2) is 6.26. The van der Waals surface area contributed by atoms with E-state index >= 15 is 0 Å². The van der Waals surface area contributed by atoms with Crippen molar-refractivity contribution in [1.29, 1.82) is 0 Å². The minimum Gasteiger partial charge on any atom is -0.508 e. The first-order valence-electron chi connectivity index (χ1n) is 9.75. The first kappa shape index (κ1) is 17.1. The highest BCUT2D eigenvalue weighted by Crippen LogP contribution is 2.49. The zero-order chi connectivity index (χ0) is 19.3. The highest BCUT2D eigenvalue weighted by molar-refractivity contribution is 6.02. The number of aromatic hydroxyl groups is 1. The first-order chi connectivity index (χ1) is 13.6. The van der Waals surface area contributed by atoms with Crippen LogP contribution in [0, 0.1) is 0 Å². The quantitative estimate of drug-likeness (QED) is 0.828. The van der Waals surface area contributed by atoms with E-state index in [0.717, 1.165) is 29.0 Å². The minimum atomic E-state index is -0.538. The number of phenols is 1. The SMILES string of the molecule is CC(=O)N1CCC2(CC1)Oc1ccccc1[C@@H]1CC(c3cccc(O)c3)=NN12. The van der Waals surface area contributed by atoms with Crippen molar-refractivity contribution in [1.82, 2.24) is 9.91 Å². The molecule has 6 heteroatoms. The Labute approximate surface area is 164 Å². The predicted molar refractivity (Wildman–Crippen MR) is 105 cm³/mol. The van der Waals surface area contributed by atoms with E-state index in [4.69, 9.17) is 9.84 Å². The normalized spacial score (nSPS) is 22.3. The highest BCUT2D eigenvalue weighted by atomic mass is 16.5. The fourth-order valence-electron chi connectivity index (χ4n) is 4.59. The third-order valence-electron chi connectivity index (χ3n) is 6.08. The molecule has 1 fully saturated rings. The summed E-state index contributed by atoms with van der Waals surface area (Å²) in [5.41, 5.74) is 2.49. The predicted octanol–water partition coefficient (Wildman–Crippen LogP) is 3.27. The van der Waals surface area contributed by atoms with Crippen LogP contribution >= 0.6 is 0 Å². The standard InChI is InChI=1S/C22H23N3O3/c1-15(26)24-11-9-22(10-12-24)25-20(18-7-2-3-8-21(18)28-22)14-19(23-25)16-5-4-6-17(27)13-16/h2-8,13,20,27H,9-12,14H2,1H3/t20-/m0/s1. The Morgan fingerprint density at radius 3 is 2.71 bits per heavy atom. The number of rotatable bonds is 1. The number of fused-ring (bicyclic) bond motifs is 4. The fourth-order valence-corrected chi connectivity index (χ4v) is 4.59. The second-order valence-corrected chi connectivity index (χ2v) is 7.75. The molecular formula is C22H23N3O3. The maximum atomic E-state index is 11.8. The number of hydrazone groups is 1. The molecule has 1 N–H and O–H groups in total. The second-order valence-electron chi connectivity index (χ2n) is 7.75. The van der Waals surface area contributed by atoms with Gasteiger partial charge in [0.25, 0.3) is 0 Å². The third-order valence-corrected chi connectivity index (χ3v) is 6.08. The average molecular weight is 377 g/mol. The van der Waals surface area contributed by atoms with Crippen LogP contribution in [0.25, 0.3) is 0 Å². The fraction of sp³-hybridized carbons (Fsp3) is 0.364.